The summed E-state index contributed by atoms with van der Waals surface area (Å²) in [7, 11) is 0. The summed E-state index contributed by atoms with van der Waals surface area (Å²) in [6, 6.07) is 1.96. The fourth-order valence-corrected chi connectivity index (χ4v) is 1.03. The molecule has 1 heterocycles. The maximum absolute atomic E-state index is 5.10. The van der Waals surface area contributed by atoms with Gasteiger partial charge in [0, 0.05) is 0 Å². The van der Waals surface area contributed by atoms with E-state index < -0.39 is 0 Å². The van der Waals surface area contributed by atoms with Crippen molar-refractivity contribution in [2.75, 3.05) is 6.26 Å². The average molecular weight is 158 g/mol. The van der Waals surface area contributed by atoms with E-state index in [4.69, 9.17) is 5.84 Å². The smallest absolute Gasteiger partial charge is 0.0908 e. The summed E-state index contributed by atoms with van der Waals surface area (Å²) in [5.74, 6) is 5.10. The largest absolute Gasteiger partial charge is 0.272 e. The van der Waals surface area contributed by atoms with E-state index in [-0.39, 0.29) is 0 Å². The molecule has 0 amide bonds. The molecule has 1 aromatic rings. The van der Waals surface area contributed by atoms with Crippen LogP contribution in [0.3, 0.4) is 0 Å². The van der Waals surface area contributed by atoms with Gasteiger partial charge in [0.2, 0.25) is 0 Å². The summed E-state index contributed by atoms with van der Waals surface area (Å²) >= 11 is 1.63. The summed E-state index contributed by atoms with van der Waals surface area (Å²) in [5, 5.41) is 7.91. The highest BCUT2D eigenvalue weighted by atomic mass is 32.2. The number of aromatic nitrogens is 2. The lowest BCUT2D eigenvalue weighted by molar-refractivity contribution is 0.719. The van der Waals surface area contributed by atoms with Gasteiger partial charge in [0.15, 0.2) is 0 Å². The van der Waals surface area contributed by atoms with Crippen molar-refractivity contribution in [3.05, 3.63) is 11.8 Å². The quantitative estimate of drug-likeness (QED) is 0.331. The van der Waals surface area contributed by atoms with E-state index in [0.717, 1.165) is 10.7 Å². The van der Waals surface area contributed by atoms with Crippen LogP contribution in [0, 0.1) is 0 Å². The predicted octanol–water partition coefficient (Wildman–Crippen LogP) is 0.0949. The molecule has 1 rings (SSSR count). The zero-order valence-corrected chi connectivity index (χ0v) is 6.53. The molecule has 0 fully saturated rings. The molecule has 0 bridgehead atoms. The van der Waals surface area contributed by atoms with Crippen molar-refractivity contribution in [1.82, 2.24) is 15.6 Å². The molecule has 1 aromatic heterocycles. The predicted molar refractivity (Wildman–Crippen MR) is 41.4 cm³/mol. The number of hydrazine groups is 1. The van der Waals surface area contributed by atoms with Crippen LogP contribution in [0.15, 0.2) is 11.1 Å². The van der Waals surface area contributed by atoms with Gasteiger partial charge in [-0.15, -0.1) is 11.8 Å². The van der Waals surface area contributed by atoms with Gasteiger partial charge in [-0.2, -0.15) is 5.10 Å². The number of nitrogens with one attached hydrogen (secondary N) is 2. The van der Waals surface area contributed by atoms with Gasteiger partial charge in [-0.1, -0.05) is 0 Å². The first-order chi connectivity index (χ1) is 4.86. The van der Waals surface area contributed by atoms with E-state index in [1.54, 1.807) is 11.8 Å². The second kappa shape index (κ2) is 3.60. The molecule has 0 spiro atoms. The number of hydrogen-bond donors (Lipinski definition) is 3. The highest BCUT2D eigenvalue weighted by Crippen LogP contribution is 2.10. The van der Waals surface area contributed by atoms with Gasteiger partial charge in [-0.3, -0.25) is 16.4 Å². The number of thioether (sulfide) groups is 1. The molecule has 0 aliphatic heterocycles. The Morgan fingerprint density at radius 1 is 1.90 bits per heavy atom. The summed E-state index contributed by atoms with van der Waals surface area (Å²) in [5.41, 5.74) is 3.47. The van der Waals surface area contributed by atoms with Crippen LogP contribution in [0.1, 0.15) is 5.69 Å². The van der Waals surface area contributed by atoms with Gasteiger partial charge < -0.3 is 0 Å². The van der Waals surface area contributed by atoms with Crippen LogP contribution >= 0.6 is 11.8 Å². The van der Waals surface area contributed by atoms with Crippen LogP contribution in [0.2, 0.25) is 0 Å². The van der Waals surface area contributed by atoms with Gasteiger partial charge in [-0.25, -0.2) is 0 Å². The van der Waals surface area contributed by atoms with Crippen molar-refractivity contribution in [2.24, 2.45) is 5.84 Å². The summed E-state index contributed by atoms with van der Waals surface area (Å²) < 4.78 is 0. The molecule has 0 saturated heterocycles. The van der Waals surface area contributed by atoms with Crippen molar-refractivity contribution in [3.8, 4) is 0 Å². The van der Waals surface area contributed by atoms with Gasteiger partial charge in [-0.05, 0) is 12.3 Å². The lowest BCUT2D eigenvalue weighted by Crippen LogP contribution is -2.20. The Bertz CT molecular complexity index is 197. The van der Waals surface area contributed by atoms with E-state index in [2.05, 4.69) is 15.6 Å². The average Bonchev–Trinajstić information content (AvgIpc) is 2.37. The van der Waals surface area contributed by atoms with E-state index in [9.17, 15) is 0 Å². The first-order valence-electron chi connectivity index (χ1n) is 2.88. The van der Waals surface area contributed by atoms with Crippen molar-refractivity contribution >= 4 is 11.8 Å². The number of aromatic amines is 1. The number of H-pyrrole nitrogens is 1. The standard InChI is InChI=1S/C5H10N4S/c1-10-5-2-4(3-7-6)8-9-5/h2,7H,3,6H2,1H3,(H,8,9). The van der Waals surface area contributed by atoms with E-state index in [1.807, 2.05) is 12.3 Å². The minimum atomic E-state index is 0.608. The first-order valence-corrected chi connectivity index (χ1v) is 4.11. The van der Waals surface area contributed by atoms with Gasteiger partial charge in [0.05, 0.1) is 17.3 Å². The maximum atomic E-state index is 5.10. The summed E-state index contributed by atoms with van der Waals surface area (Å²) in [6.45, 7) is 0.608. The van der Waals surface area contributed by atoms with Crippen molar-refractivity contribution in [2.45, 2.75) is 11.6 Å². The van der Waals surface area contributed by atoms with Crippen molar-refractivity contribution < 1.29 is 0 Å². The number of nitrogens with two attached hydrogens (primary N) is 1. The lowest BCUT2D eigenvalue weighted by atomic mass is 10.4. The number of nitrogens with zero attached hydrogens (tertiary/aromatic N) is 1. The summed E-state index contributed by atoms with van der Waals surface area (Å²) in [4.78, 5) is 0. The van der Waals surface area contributed by atoms with E-state index in [1.165, 1.54) is 0 Å². The first kappa shape index (κ1) is 7.59. The molecule has 0 aromatic carbocycles. The molecule has 0 unspecified atom stereocenters. The molecule has 10 heavy (non-hydrogen) atoms. The molecule has 4 nitrogen and oxygen atoms in total. The Morgan fingerprint density at radius 2 is 2.70 bits per heavy atom. The van der Waals surface area contributed by atoms with E-state index >= 15 is 0 Å². The third-order valence-corrected chi connectivity index (χ3v) is 1.76. The maximum Gasteiger partial charge on any atom is 0.0908 e. The molecule has 0 atom stereocenters. The van der Waals surface area contributed by atoms with Gasteiger partial charge in [0.1, 0.15) is 0 Å². The fourth-order valence-electron chi connectivity index (χ4n) is 0.642. The minimum absolute atomic E-state index is 0.608. The van der Waals surface area contributed by atoms with Crippen LogP contribution in [0.4, 0.5) is 0 Å². The molecule has 0 radical (unpaired) electrons. The number of hydrogen-bond acceptors (Lipinski definition) is 4. The Labute approximate surface area is 63.5 Å². The Hall–Kier alpha value is -0.520. The SMILES string of the molecule is CSc1cc(CNN)n[nH]1. The Kier molecular flexibility index (Phi) is 2.73. The number of rotatable bonds is 3. The Balaban J connectivity index is 2.59. The molecule has 5 heteroatoms. The van der Waals surface area contributed by atoms with Gasteiger partial charge in [0.25, 0.3) is 0 Å². The third-order valence-electron chi connectivity index (χ3n) is 1.11. The summed E-state index contributed by atoms with van der Waals surface area (Å²) in [6.07, 6.45) is 1.99. The van der Waals surface area contributed by atoms with Crippen molar-refractivity contribution in [3.63, 3.8) is 0 Å². The van der Waals surface area contributed by atoms with Crippen LogP contribution in [0.5, 0.6) is 0 Å². The molecule has 0 saturated carbocycles. The zero-order valence-electron chi connectivity index (χ0n) is 5.72. The van der Waals surface area contributed by atoms with Crippen molar-refractivity contribution in [1.29, 1.82) is 0 Å². The van der Waals surface area contributed by atoms with E-state index in [0.29, 0.717) is 6.54 Å². The normalized spacial score (nSPS) is 10.2. The highest BCUT2D eigenvalue weighted by molar-refractivity contribution is 7.98. The molecular formula is C5H10N4S. The Morgan fingerprint density at radius 3 is 3.20 bits per heavy atom. The molecule has 0 aliphatic carbocycles. The molecule has 0 aliphatic rings. The lowest BCUT2D eigenvalue weighted by Gasteiger charge is -1.88. The zero-order chi connectivity index (χ0) is 7.40. The van der Waals surface area contributed by atoms with Crippen LogP contribution < -0.4 is 11.3 Å². The van der Waals surface area contributed by atoms with Crippen LogP contribution in [0.25, 0.3) is 0 Å². The molecular weight excluding hydrogens is 148 g/mol. The minimum Gasteiger partial charge on any atom is -0.272 e. The van der Waals surface area contributed by atoms with Crippen LogP contribution in [-0.4, -0.2) is 16.5 Å². The van der Waals surface area contributed by atoms with Crippen LogP contribution in [-0.2, 0) is 6.54 Å². The fraction of sp³-hybridized carbons (Fsp3) is 0.400. The molecule has 56 valence electrons. The van der Waals surface area contributed by atoms with Gasteiger partial charge >= 0.3 is 0 Å². The topological polar surface area (TPSA) is 66.7 Å². The second-order valence-corrected chi connectivity index (χ2v) is 2.66. The highest BCUT2D eigenvalue weighted by Gasteiger charge is 1.96. The molecule has 4 N–H and O–H groups in total. The second-order valence-electron chi connectivity index (χ2n) is 1.81. The third kappa shape index (κ3) is 1.73. The monoisotopic (exact) mass is 158 g/mol.